The first-order valence-electron chi connectivity index (χ1n) is 5.89. The second-order valence-corrected chi connectivity index (χ2v) is 5.29. The van der Waals surface area contributed by atoms with Crippen LogP contribution in [0.15, 0.2) is 22.7 Å². The number of nitrogens with one attached hydrogen (secondary N) is 1. The Morgan fingerprint density at radius 3 is 2.71 bits per heavy atom. The SMILES string of the molecule is CN(C)CCCCNCc1ccc(F)c(Br)c1. The summed E-state index contributed by atoms with van der Waals surface area (Å²) >= 11 is 3.19. The van der Waals surface area contributed by atoms with E-state index in [0.717, 1.165) is 25.2 Å². The Morgan fingerprint density at radius 1 is 1.29 bits per heavy atom. The van der Waals surface area contributed by atoms with Crippen LogP contribution >= 0.6 is 15.9 Å². The van der Waals surface area contributed by atoms with Crippen molar-refractivity contribution < 1.29 is 4.39 Å². The normalized spacial score (nSPS) is 11.1. The van der Waals surface area contributed by atoms with Crippen molar-refractivity contribution in [3.05, 3.63) is 34.1 Å². The minimum absolute atomic E-state index is 0.209. The maximum absolute atomic E-state index is 13.0. The highest BCUT2D eigenvalue weighted by molar-refractivity contribution is 9.10. The number of halogens is 2. The number of nitrogens with zero attached hydrogens (tertiary/aromatic N) is 1. The van der Waals surface area contributed by atoms with E-state index >= 15 is 0 Å². The summed E-state index contributed by atoms with van der Waals surface area (Å²) in [5.41, 5.74) is 1.10. The molecule has 4 heteroatoms. The average molecular weight is 303 g/mol. The predicted molar refractivity (Wildman–Crippen MR) is 73.6 cm³/mol. The second kappa shape index (κ2) is 7.80. The molecule has 1 aromatic rings. The maximum atomic E-state index is 13.0. The molecule has 0 saturated heterocycles. The third kappa shape index (κ3) is 6.15. The van der Waals surface area contributed by atoms with Gasteiger partial charge in [-0.2, -0.15) is 0 Å². The largest absolute Gasteiger partial charge is 0.313 e. The molecule has 0 spiro atoms. The molecule has 2 nitrogen and oxygen atoms in total. The zero-order chi connectivity index (χ0) is 12.7. The van der Waals surface area contributed by atoms with E-state index in [1.54, 1.807) is 0 Å². The molecule has 0 amide bonds. The molecule has 17 heavy (non-hydrogen) atoms. The van der Waals surface area contributed by atoms with Gasteiger partial charge in [0.1, 0.15) is 5.82 Å². The maximum Gasteiger partial charge on any atom is 0.137 e. The van der Waals surface area contributed by atoms with E-state index in [9.17, 15) is 4.39 Å². The quantitative estimate of drug-likeness (QED) is 0.779. The van der Waals surface area contributed by atoms with Gasteiger partial charge in [0.15, 0.2) is 0 Å². The van der Waals surface area contributed by atoms with Gasteiger partial charge in [0, 0.05) is 6.54 Å². The van der Waals surface area contributed by atoms with Crippen molar-refractivity contribution in [1.29, 1.82) is 0 Å². The first-order chi connectivity index (χ1) is 8.09. The average Bonchev–Trinajstić information content (AvgIpc) is 2.27. The van der Waals surface area contributed by atoms with Crippen molar-refractivity contribution in [2.75, 3.05) is 27.2 Å². The highest BCUT2D eigenvalue weighted by atomic mass is 79.9. The fraction of sp³-hybridized carbons (Fsp3) is 0.538. The fourth-order valence-electron chi connectivity index (χ4n) is 1.56. The van der Waals surface area contributed by atoms with Crippen LogP contribution in [0.3, 0.4) is 0 Å². The van der Waals surface area contributed by atoms with Crippen molar-refractivity contribution in [3.63, 3.8) is 0 Å². The number of rotatable bonds is 7. The topological polar surface area (TPSA) is 15.3 Å². The lowest BCUT2D eigenvalue weighted by molar-refractivity contribution is 0.391. The molecule has 0 unspecified atom stereocenters. The zero-order valence-corrected chi connectivity index (χ0v) is 12.1. The van der Waals surface area contributed by atoms with E-state index in [1.807, 2.05) is 12.1 Å². The smallest absolute Gasteiger partial charge is 0.137 e. The van der Waals surface area contributed by atoms with Crippen molar-refractivity contribution in [1.82, 2.24) is 10.2 Å². The molecular weight excluding hydrogens is 283 g/mol. The Labute approximate surface area is 111 Å². The van der Waals surface area contributed by atoms with Crippen molar-refractivity contribution in [2.45, 2.75) is 19.4 Å². The summed E-state index contributed by atoms with van der Waals surface area (Å²) in [4.78, 5) is 2.19. The number of hydrogen-bond donors (Lipinski definition) is 1. The van der Waals surface area contributed by atoms with Crippen LogP contribution in [0.1, 0.15) is 18.4 Å². The van der Waals surface area contributed by atoms with Crippen LogP contribution in [0.4, 0.5) is 4.39 Å². The molecule has 0 aliphatic heterocycles. The van der Waals surface area contributed by atoms with Gasteiger partial charge in [-0.15, -0.1) is 0 Å². The van der Waals surface area contributed by atoms with Gasteiger partial charge in [-0.25, -0.2) is 4.39 Å². The summed E-state index contributed by atoms with van der Waals surface area (Å²) in [6.07, 6.45) is 2.37. The monoisotopic (exact) mass is 302 g/mol. The van der Waals surface area contributed by atoms with Gasteiger partial charge >= 0.3 is 0 Å². The van der Waals surface area contributed by atoms with Gasteiger partial charge < -0.3 is 10.2 Å². The Morgan fingerprint density at radius 2 is 2.06 bits per heavy atom. The van der Waals surface area contributed by atoms with E-state index in [4.69, 9.17) is 0 Å². The molecule has 0 aliphatic rings. The summed E-state index contributed by atoms with van der Waals surface area (Å²) in [5.74, 6) is -0.209. The van der Waals surface area contributed by atoms with Crippen LogP contribution in [0, 0.1) is 5.82 Å². The highest BCUT2D eigenvalue weighted by Gasteiger charge is 1.99. The molecule has 0 radical (unpaired) electrons. The lowest BCUT2D eigenvalue weighted by Gasteiger charge is -2.09. The van der Waals surface area contributed by atoms with Crippen molar-refractivity contribution >= 4 is 15.9 Å². The molecule has 0 atom stereocenters. The van der Waals surface area contributed by atoms with E-state index in [1.165, 1.54) is 18.9 Å². The molecule has 1 aromatic carbocycles. The standard InChI is InChI=1S/C13H20BrFN2/c1-17(2)8-4-3-7-16-10-11-5-6-13(15)12(14)9-11/h5-6,9,16H,3-4,7-8,10H2,1-2H3. The Balaban J connectivity index is 2.16. The van der Waals surface area contributed by atoms with Crippen molar-refractivity contribution in [2.24, 2.45) is 0 Å². The van der Waals surface area contributed by atoms with Crippen LogP contribution in [0.25, 0.3) is 0 Å². The van der Waals surface area contributed by atoms with Gasteiger partial charge in [-0.05, 0) is 73.7 Å². The highest BCUT2D eigenvalue weighted by Crippen LogP contribution is 2.16. The first-order valence-corrected chi connectivity index (χ1v) is 6.68. The van der Waals surface area contributed by atoms with Crippen LogP contribution in [-0.2, 0) is 6.54 Å². The van der Waals surface area contributed by atoms with E-state index in [2.05, 4.69) is 40.2 Å². The van der Waals surface area contributed by atoms with Gasteiger partial charge in [0.05, 0.1) is 4.47 Å². The van der Waals surface area contributed by atoms with Crippen molar-refractivity contribution in [3.8, 4) is 0 Å². The number of unbranched alkanes of at least 4 members (excludes halogenated alkanes) is 1. The number of benzene rings is 1. The molecular formula is C13H20BrFN2. The van der Waals surface area contributed by atoms with Gasteiger partial charge in [0.2, 0.25) is 0 Å². The summed E-state index contributed by atoms with van der Waals surface area (Å²) in [7, 11) is 4.17. The third-order valence-electron chi connectivity index (χ3n) is 2.52. The minimum Gasteiger partial charge on any atom is -0.313 e. The van der Waals surface area contributed by atoms with Gasteiger partial charge in [-0.1, -0.05) is 6.07 Å². The molecule has 0 aliphatic carbocycles. The summed E-state index contributed by atoms with van der Waals surface area (Å²) in [6.45, 7) is 2.92. The molecule has 0 bridgehead atoms. The molecule has 0 aromatic heterocycles. The molecule has 1 N–H and O–H groups in total. The lowest BCUT2D eigenvalue weighted by Crippen LogP contribution is -2.18. The van der Waals surface area contributed by atoms with Crippen LogP contribution in [0.5, 0.6) is 0 Å². The van der Waals surface area contributed by atoms with E-state index < -0.39 is 0 Å². The Bertz CT molecular complexity index is 342. The van der Waals surface area contributed by atoms with E-state index in [0.29, 0.717) is 4.47 Å². The molecule has 96 valence electrons. The minimum atomic E-state index is -0.209. The van der Waals surface area contributed by atoms with Crippen LogP contribution in [-0.4, -0.2) is 32.1 Å². The third-order valence-corrected chi connectivity index (χ3v) is 3.13. The summed E-state index contributed by atoms with van der Waals surface area (Å²) in [6, 6.07) is 5.13. The van der Waals surface area contributed by atoms with Gasteiger partial charge in [0.25, 0.3) is 0 Å². The van der Waals surface area contributed by atoms with Crippen LogP contribution < -0.4 is 5.32 Å². The van der Waals surface area contributed by atoms with Gasteiger partial charge in [-0.3, -0.25) is 0 Å². The molecule has 0 fully saturated rings. The lowest BCUT2D eigenvalue weighted by atomic mass is 10.2. The zero-order valence-electron chi connectivity index (χ0n) is 10.5. The van der Waals surface area contributed by atoms with Crippen LogP contribution in [0.2, 0.25) is 0 Å². The molecule has 0 saturated carbocycles. The Hall–Kier alpha value is -0.450. The second-order valence-electron chi connectivity index (χ2n) is 4.44. The first kappa shape index (κ1) is 14.6. The molecule has 1 rings (SSSR count). The predicted octanol–water partition coefficient (Wildman–Crippen LogP) is 3.02. The summed E-state index contributed by atoms with van der Waals surface area (Å²) in [5, 5.41) is 3.36. The fourth-order valence-corrected chi connectivity index (χ4v) is 1.99. The number of hydrogen-bond acceptors (Lipinski definition) is 2. The molecule has 0 heterocycles. The summed E-state index contributed by atoms with van der Waals surface area (Å²) < 4.78 is 13.5. The Kier molecular flexibility index (Phi) is 6.70. The van der Waals surface area contributed by atoms with E-state index in [-0.39, 0.29) is 5.82 Å².